The van der Waals surface area contributed by atoms with Crippen molar-refractivity contribution in [1.29, 1.82) is 0 Å². The molecule has 1 saturated heterocycles. The first-order valence-corrected chi connectivity index (χ1v) is 10.8. The van der Waals surface area contributed by atoms with Crippen molar-refractivity contribution in [1.82, 2.24) is 20.1 Å². The van der Waals surface area contributed by atoms with Gasteiger partial charge in [-0.1, -0.05) is 24.3 Å². The van der Waals surface area contributed by atoms with Crippen LogP contribution in [-0.4, -0.2) is 45.7 Å². The van der Waals surface area contributed by atoms with Crippen molar-refractivity contribution in [2.24, 2.45) is 5.92 Å². The zero-order chi connectivity index (χ0) is 20.2. The molecular weight excluding hydrogens is 386 g/mol. The summed E-state index contributed by atoms with van der Waals surface area (Å²) >= 11 is 1.59. The molecule has 1 aliphatic heterocycles. The first-order valence-electron chi connectivity index (χ1n) is 10.0. The molecule has 8 heteroatoms. The molecule has 4 rings (SSSR count). The van der Waals surface area contributed by atoms with Gasteiger partial charge in [-0.3, -0.25) is 4.90 Å². The van der Waals surface area contributed by atoms with Gasteiger partial charge < -0.3 is 10.1 Å². The number of likely N-dealkylation sites (tertiary alicyclic amines) is 1. The average molecular weight is 412 g/mol. The number of carbonyl (C=O) groups is 1. The summed E-state index contributed by atoms with van der Waals surface area (Å²) in [5.74, 6) is 0.917. The number of hydrogen-bond donors (Lipinski definition) is 1. The van der Waals surface area contributed by atoms with Crippen LogP contribution >= 0.6 is 11.3 Å². The van der Waals surface area contributed by atoms with Crippen molar-refractivity contribution in [2.45, 2.75) is 33.2 Å². The van der Waals surface area contributed by atoms with Crippen LogP contribution in [0.4, 0.5) is 10.9 Å². The number of esters is 1. The lowest BCUT2D eigenvalue weighted by Gasteiger charge is -2.30. The van der Waals surface area contributed by atoms with E-state index in [1.807, 2.05) is 0 Å². The monoisotopic (exact) mass is 411 g/mol. The highest BCUT2D eigenvalue weighted by Crippen LogP contribution is 2.29. The Morgan fingerprint density at radius 3 is 2.79 bits per heavy atom. The van der Waals surface area contributed by atoms with Gasteiger partial charge in [0.25, 0.3) is 0 Å². The van der Waals surface area contributed by atoms with Gasteiger partial charge in [-0.15, -0.1) is 10.2 Å². The third kappa shape index (κ3) is 4.89. The van der Waals surface area contributed by atoms with Crippen LogP contribution in [0, 0.1) is 5.92 Å². The van der Waals surface area contributed by atoms with Crippen molar-refractivity contribution in [3.8, 4) is 0 Å². The highest BCUT2D eigenvalue weighted by molar-refractivity contribution is 7.22. The summed E-state index contributed by atoms with van der Waals surface area (Å²) in [4.78, 5) is 18.8. The van der Waals surface area contributed by atoms with Crippen LogP contribution in [0.5, 0.6) is 0 Å². The smallest absolute Gasteiger partial charge is 0.358 e. The van der Waals surface area contributed by atoms with Crippen LogP contribution < -0.4 is 5.32 Å². The van der Waals surface area contributed by atoms with Gasteiger partial charge in [0.1, 0.15) is 0 Å². The Bertz CT molecular complexity index is 980. The Morgan fingerprint density at radius 1 is 1.24 bits per heavy atom. The summed E-state index contributed by atoms with van der Waals surface area (Å²) in [5, 5.41) is 11.9. The maximum Gasteiger partial charge on any atom is 0.358 e. The van der Waals surface area contributed by atoms with Crippen LogP contribution in [-0.2, 0) is 11.3 Å². The number of benzene rings is 1. The molecule has 0 saturated carbocycles. The number of anilines is 2. The van der Waals surface area contributed by atoms with Gasteiger partial charge in [0, 0.05) is 6.54 Å². The molecule has 0 unspecified atom stereocenters. The van der Waals surface area contributed by atoms with Crippen molar-refractivity contribution in [2.75, 3.05) is 25.0 Å². The number of hydrogen-bond acceptors (Lipinski definition) is 8. The average Bonchev–Trinajstić information content (AvgIpc) is 3.12. The molecule has 1 aliphatic rings. The van der Waals surface area contributed by atoms with E-state index in [4.69, 9.17) is 4.74 Å². The quantitative estimate of drug-likeness (QED) is 0.608. The summed E-state index contributed by atoms with van der Waals surface area (Å²) in [6.45, 7) is 7.75. The minimum atomic E-state index is -0.470. The molecule has 29 heavy (non-hydrogen) atoms. The second-order valence-electron chi connectivity index (χ2n) is 7.43. The molecule has 3 heterocycles. The van der Waals surface area contributed by atoms with Gasteiger partial charge in [0.05, 0.1) is 16.8 Å². The number of rotatable bonds is 6. The number of ether oxygens (including phenoxy) is 1. The summed E-state index contributed by atoms with van der Waals surface area (Å²) < 4.78 is 6.07. The minimum absolute atomic E-state index is 0.193. The Morgan fingerprint density at radius 2 is 2.07 bits per heavy atom. The molecule has 0 spiro atoms. The number of nitrogens with zero attached hydrogens (tertiary/aromatic N) is 4. The first-order chi connectivity index (χ1) is 14.1. The molecule has 0 aliphatic carbocycles. The van der Waals surface area contributed by atoms with Crippen molar-refractivity contribution in [3.63, 3.8) is 0 Å². The maximum atomic E-state index is 11.7. The van der Waals surface area contributed by atoms with Crippen LogP contribution in [0.2, 0.25) is 0 Å². The van der Waals surface area contributed by atoms with E-state index in [0.717, 1.165) is 27.8 Å². The van der Waals surface area contributed by atoms with Gasteiger partial charge in [-0.05, 0) is 68.6 Å². The fourth-order valence-corrected chi connectivity index (χ4v) is 4.36. The molecule has 2 aromatic heterocycles. The number of nitrogens with one attached hydrogen (secondary N) is 1. The lowest BCUT2D eigenvalue weighted by Crippen LogP contribution is -2.32. The number of thiazole rings is 1. The zero-order valence-corrected chi connectivity index (χ0v) is 17.5. The molecule has 152 valence electrons. The highest BCUT2D eigenvalue weighted by atomic mass is 32.1. The highest BCUT2D eigenvalue weighted by Gasteiger charge is 2.16. The molecule has 7 nitrogen and oxygen atoms in total. The topological polar surface area (TPSA) is 80.2 Å². The van der Waals surface area contributed by atoms with E-state index in [-0.39, 0.29) is 5.69 Å². The van der Waals surface area contributed by atoms with E-state index >= 15 is 0 Å². The molecule has 3 aromatic rings. The summed E-state index contributed by atoms with van der Waals surface area (Å²) in [6.07, 6.45) is 2.57. The predicted molar refractivity (Wildman–Crippen MR) is 115 cm³/mol. The minimum Gasteiger partial charge on any atom is -0.461 e. The Balaban J connectivity index is 1.43. The van der Waals surface area contributed by atoms with Crippen LogP contribution in [0.25, 0.3) is 10.2 Å². The van der Waals surface area contributed by atoms with Crippen molar-refractivity contribution >= 4 is 38.5 Å². The number of fused-ring (bicyclic) bond motifs is 1. The third-order valence-corrected chi connectivity index (χ3v) is 6.05. The number of aromatic nitrogens is 3. The van der Waals surface area contributed by atoms with E-state index in [0.29, 0.717) is 12.4 Å². The molecule has 0 atom stereocenters. The SMILES string of the molecule is CCOC(=O)c1ccc(Nc2nc3ccc(CN4CCC(C)CC4)cc3s2)nn1. The normalized spacial score (nSPS) is 15.5. The second-order valence-corrected chi connectivity index (χ2v) is 8.46. The molecule has 1 aromatic carbocycles. The molecule has 0 radical (unpaired) electrons. The second kappa shape index (κ2) is 8.84. The summed E-state index contributed by atoms with van der Waals surface area (Å²) in [5.41, 5.74) is 2.48. The standard InChI is InChI=1S/C21H25N5O2S/c1-3-28-20(27)17-6-7-19(25-24-17)23-21-22-16-5-4-15(12-18(16)29-21)13-26-10-8-14(2)9-11-26/h4-7,12,14H,3,8-11,13H2,1-2H3,(H,22,23,25). The maximum absolute atomic E-state index is 11.7. The Kier molecular flexibility index (Phi) is 6.01. The largest absolute Gasteiger partial charge is 0.461 e. The van der Waals surface area contributed by atoms with E-state index in [1.165, 1.54) is 31.5 Å². The fourth-order valence-electron chi connectivity index (χ4n) is 3.42. The Labute approximate surface area is 174 Å². The van der Waals surface area contributed by atoms with E-state index < -0.39 is 5.97 Å². The first kappa shape index (κ1) is 19.7. The van der Waals surface area contributed by atoms with Crippen LogP contribution in [0.1, 0.15) is 42.7 Å². The lowest BCUT2D eigenvalue weighted by molar-refractivity contribution is 0.0518. The van der Waals surface area contributed by atoms with Crippen LogP contribution in [0.15, 0.2) is 30.3 Å². The lowest BCUT2D eigenvalue weighted by atomic mass is 9.99. The van der Waals surface area contributed by atoms with Crippen molar-refractivity contribution < 1.29 is 9.53 Å². The predicted octanol–water partition coefficient (Wildman–Crippen LogP) is 4.24. The van der Waals surface area contributed by atoms with Crippen molar-refractivity contribution in [3.05, 3.63) is 41.6 Å². The van der Waals surface area contributed by atoms with Gasteiger partial charge in [0.15, 0.2) is 16.6 Å². The Hall–Kier alpha value is -2.58. The zero-order valence-electron chi connectivity index (χ0n) is 16.7. The molecule has 1 N–H and O–H groups in total. The third-order valence-electron chi connectivity index (χ3n) is 5.12. The van der Waals surface area contributed by atoms with Crippen LogP contribution in [0.3, 0.4) is 0 Å². The molecule has 1 fully saturated rings. The van der Waals surface area contributed by atoms with Gasteiger partial charge >= 0.3 is 5.97 Å². The van der Waals surface area contributed by atoms with E-state index in [9.17, 15) is 4.79 Å². The summed E-state index contributed by atoms with van der Waals surface area (Å²) in [7, 11) is 0. The van der Waals surface area contributed by atoms with Gasteiger partial charge in [-0.2, -0.15) is 0 Å². The fraction of sp³-hybridized carbons (Fsp3) is 0.429. The van der Waals surface area contributed by atoms with E-state index in [2.05, 4.69) is 50.5 Å². The molecule has 0 amide bonds. The van der Waals surface area contributed by atoms with Gasteiger partial charge in [0.2, 0.25) is 0 Å². The molecular formula is C21H25N5O2S. The number of piperidine rings is 1. The summed E-state index contributed by atoms with van der Waals surface area (Å²) in [6, 6.07) is 9.77. The van der Waals surface area contributed by atoms with E-state index in [1.54, 1.807) is 30.4 Å². The number of carbonyl (C=O) groups excluding carboxylic acids is 1. The van der Waals surface area contributed by atoms with Gasteiger partial charge in [-0.25, -0.2) is 9.78 Å². The molecule has 0 bridgehead atoms.